The number of likely N-dealkylation sites (N-methyl/N-ethyl adjacent to an activating group) is 1. The van der Waals surface area contributed by atoms with Crippen LogP contribution in [0, 0.1) is 11.8 Å². The van der Waals surface area contributed by atoms with Crippen molar-refractivity contribution >= 4 is 40.7 Å². The van der Waals surface area contributed by atoms with Crippen molar-refractivity contribution in [2.45, 2.75) is 52.5 Å². The maximum atomic E-state index is 12.6. The van der Waals surface area contributed by atoms with Crippen LogP contribution in [0.5, 0.6) is 0 Å². The normalized spacial score (nSPS) is 12.7. The number of thioether (sulfide) groups is 1. The zero-order valence-electron chi connectivity index (χ0n) is 17.5. The van der Waals surface area contributed by atoms with E-state index in [-0.39, 0.29) is 28.8 Å². The summed E-state index contributed by atoms with van der Waals surface area (Å²) < 4.78 is 4.50. The summed E-state index contributed by atoms with van der Waals surface area (Å²) in [7, 11) is 2.54. The number of esters is 1. The molecule has 0 unspecified atom stereocenters. The summed E-state index contributed by atoms with van der Waals surface area (Å²) in [6.07, 6.45) is 0.851. The molecule has 0 aromatic rings. The Morgan fingerprint density at radius 2 is 1.72 bits per heavy atom. The minimum atomic E-state index is -1.18. The van der Waals surface area contributed by atoms with Gasteiger partial charge in [0.2, 0.25) is 5.91 Å². The Hall–Kier alpha value is -2.14. The van der Waals surface area contributed by atoms with E-state index in [1.807, 2.05) is 13.8 Å². The molecular formula is C18H31N3O7S. The highest BCUT2D eigenvalue weighted by Gasteiger charge is 2.31. The second kappa shape index (κ2) is 13.9. The van der Waals surface area contributed by atoms with E-state index >= 15 is 0 Å². The van der Waals surface area contributed by atoms with Crippen LogP contribution in [0.2, 0.25) is 0 Å². The number of hydroxylamine groups is 2. The van der Waals surface area contributed by atoms with E-state index in [9.17, 15) is 29.2 Å². The summed E-state index contributed by atoms with van der Waals surface area (Å²) >= 11 is 0.940. The molecule has 2 atom stereocenters. The number of nitrogens with one attached hydrogen (secondary N) is 2. The highest BCUT2D eigenvalue weighted by atomic mass is 32.2. The third kappa shape index (κ3) is 10.8. The van der Waals surface area contributed by atoms with Crippen molar-refractivity contribution in [3.63, 3.8) is 0 Å². The number of carbonyl (C=O) groups excluding carboxylic acids is 5. The number of hydrogen-bond donors (Lipinski definition) is 3. The fourth-order valence-electron chi connectivity index (χ4n) is 2.32. The van der Waals surface area contributed by atoms with Crippen LogP contribution < -0.4 is 10.6 Å². The van der Waals surface area contributed by atoms with Gasteiger partial charge in [-0.1, -0.05) is 32.0 Å². The van der Waals surface area contributed by atoms with Crippen LogP contribution in [0.3, 0.4) is 0 Å². The van der Waals surface area contributed by atoms with Crippen molar-refractivity contribution in [3.8, 4) is 0 Å². The van der Waals surface area contributed by atoms with Crippen molar-refractivity contribution in [2.24, 2.45) is 11.8 Å². The number of imide groups is 1. The fourth-order valence-corrected chi connectivity index (χ4v) is 3.07. The number of methoxy groups -OCH3 is 1. The number of nitrogens with zero attached hydrogens (tertiary/aromatic N) is 1. The lowest BCUT2D eigenvalue weighted by molar-refractivity contribution is -0.157. The van der Waals surface area contributed by atoms with Gasteiger partial charge in [-0.3, -0.25) is 24.4 Å². The molecule has 0 aliphatic carbocycles. The summed E-state index contributed by atoms with van der Waals surface area (Å²) in [5, 5.41) is 14.4. The first-order valence-electron chi connectivity index (χ1n) is 9.28. The van der Waals surface area contributed by atoms with Crippen molar-refractivity contribution in [1.29, 1.82) is 0 Å². The molecule has 3 N–H and O–H groups in total. The number of rotatable bonds is 11. The molecule has 0 aromatic carbocycles. The topological polar surface area (TPSA) is 142 Å². The first kappa shape index (κ1) is 26.9. The summed E-state index contributed by atoms with van der Waals surface area (Å²) in [6, 6.07) is -2.33. The summed E-state index contributed by atoms with van der Waals surface area (Å²) in [5.74, 6) is -2.33. The zero-order valence-corrected chi connectivity index (χ0v) is 18.3. The molecule has 11 heteroatoms. The quantitative estimate of drug-likeness (QED) is 0.251. The summed E-state index contributed by atoms with van der Waals surface area (Å²) in [4.78, 5) is 59.3. The maximum Gasteiger partial charge on any atom is 0.349 e. The Labute approximate surface area is 175 Å². The van der Waals surface area contributed by atoms with Gasteiger partial charge >= 0.3 is 12.0 Å². The highest BCUT2D eigenvalue weighted by Crippen LogP contribution is 2.20. The van der Waals surface area contributed by atoms with Crippen LogP contribution in [0.1, 0.15) is 46.5 Å². The smallest absolute Gasteiger partial charge is 0.349 e. The number of carbonyl (C=O) groups is 5. The molecule has 0 aliphatic rings. The van der Waals surface area contributed by atoms with E-state index in [0.29, 0.717) is 18.8 Å². The minimum Gasteiger partial charge on any atom is -0.469 e. The van der Waals surface area contributed by atoms with E-state index < -0.39 is 35.8 Å². The molecule has 0 aromatic heterocycles. The molecule has 29 heavy (non-hydrogen) atoms. The van der Waals surface area contributed by atoms with E-state index in [4.69, 9.17) is 0 Å². The Morgan fingerprint density at radius 3 is 2.21 bits per heavy atom. The molecule has 0 aliphatic heterocycles. The Bertz CT molecular complexity index is 598. The average molecular weight is 434 g/mol. The largest absolute Gasteiger partial charge is 0.469 e. The molecule has 0 spiro atoms. The van der Waals surface area contributed by atoms with Crippen LogP contribution in [-0.4, -0.2) is 65.2 Å². The SMILES string of the molecule is CNC(=O)[C@H](CCC(=O)OC)NC(=O)N(O)C(=O)[C@H](CCC(C)C)CSC(C)=O. The molecule has 0 rings (SSSR count). The average Bonchev–Trinajstić information content (AvgIpc) is 2.68. The van der Waals surface area contributed by atoms with Crippen LogP contribution >= 0.6 is 11.8 Å². The van der Waals surface area contributed by atoms with Gasteiger partial charge in [0.1, 0.15) is 6.04 Å². The second-order valence-electron chi connectivity index (χ2n) is 6.85. The van der Waals surface area contributed by atoms with Gasteiger partial charge < -0.3 is 15.4 Å². The minimum absolute atomic E-state index is 0.0697. The Kier molecular flexibility index (Phi) is 12.9. The van der Waals surface area contributed by atoms with Gasteiger partial charge in [-0.2, -0.15) is 0 Å². The van der Waals surface area contributed by atoms with Gasteiger partial charge in [0.25, 0.3) is 5.91 Å². The Morgan fingerprint density at radius 1 is 1.10 bits per heavy atom. The first-order chi connectivity index (χ1) is 13.5. The standard InChI is InChI=1S/C18H31N3O7S/c1-11(2)6-7-13(10-29-12(3)22)17(25)21(27)18(26)20-14(16(24)19-4)8-9-15(23)28-5/h11,13-14,27H,6-10H2,1-5H3,(H,19,24)(H,20,26)/t13-,14+/m1/s1. The van der Waals surface area contributed by atoms with Crippen molar-refractivity contribution in [2.75, 3.05) is 19.9 Å². The lowest BCUT2D eigenvalue weighted by Crippen LogP contribution is -2.52. The lowest BCUT2D eigenvalue weighted by atomic mass is 9.98. The molecule has 0 radical (unpaired) electrons. The maximum absolute atomic E-state index is 12.6. The van der Waals surface area contributed by atoms with Gasteiger partial charge in [-0.25, -0.2) is 4.79 Å². The van der Waals surface area contributed by atoms with E-state index in [1.165, 1.54) is 21.1 Å². The van der Waals surface area contributed by atoms with Crippen LogP contribution in [0.25, 0.3) is 0 Å². The summed E-state index contributed by atoms with van der Waals surface area (Å²) in [6.45, 7) is 5.31. The number of ether oxygens (including phenoxy) is 1. The van der Waals surface area contributed by atoms with E-state index in [0.717, 1.165) is 11.8 Å². The molecule has 166 valence electrons. The molecule has 10 nitrogen and oxygen atoms in total. The highest BCUT2D eigenvalue weighted by molar-refractivity contribution is 8.13. The number of hydrogen-bond acceptors (Lipinski definition) is 8. The third-order valence-corrected chi connectivity index (χ3v) is 5.03. The molecule has 4 amide bonds. The third-order valence-electron chi connectivity index (χ3n) is 4.06. The second-order valence-corrected chi connectivity index (χ2v) is 8.05. The van der Waals surface area contributed by atoms with Crippen molar-refractivity contribution in [3.05, 3.63) is 0 Å². The zero-order chi connectivity index (χ0) is 22.6. The van der Waals surface area contributed by atoms with Crippen molar-refractivity contribution in [1.82, 2.24) is 15.7 Å². The molecule has 0 saturated carbocycles. The summed E-state index contributed by atoms with van der Waals surface area (Å²) in [5.41, 5.74) is 0. The van der Waals surface area contributed by atoms with Crippen molar-refractivity contribution < 1.29 is 33.9 Å². The van der Waals surface area contributed by atoms with Gasteiger partial charge in [-0.15, -0.1) is 5.06 Å². The van der Waals surface area contributed by atoms with Crippen LogP contribution in [0.4, 0.5) is 4.79 Å². The first-order valence-corrected chi connectivity index (χ1v) is 10.3. The Balaban J connectivity index is 5.12. The molecule has 0 heterocycles. The molecule has 0 bridgehead atoms. The lowest BCUT2D eigenvalue weighted by Gasteiger charge is -2.23. The number of urea groups is 1. The molecular weight excluding hydrogens is 402 g/mol. The van der Waals surface area contributed by atoms with Gasteiger partial charge in [-0.05, 0) is 18.8 Å². The monoisotopic (exact) mass is 433 g/mol. The van der Waals surface area contributed by atoms with E-state index in [1.54, 1.807) is 0 Å². The molecule has 0 saturated heterocycles. The predicted molar refractivity (Wildman–Crippen MR) is 107 cm³/mol. The van der Waals surface area contributed by atoms with Gasteiger partial charge in [0.05, 0.1) is 13.0 Å². The van der Waals surface area contributed by atoms with Crippen LogP contribution in [-0.2, 0) is 23.9 Å². The molecule has 0 fully saturated rings. The van der Waals surface area contributed by atoms with Crippen LogP contribution in [0.15, 0.2) is 0 Å². The predicted octanol–water partition coefficient (Wildman–Crippen LogP) is 1.31. The van der Waals surface area contributed by atoms with Gasteiger partial charge in [0, 0.05) is 26.1 Å². The van der Waals surface area contributed by atoms with E-state index in [2.05, 4.69) is 15.4 Å². The fraction of sp³-hybridized carbons (Fsp3) is 0.722. The van der Waals surface area contributed by atoms with Gasteiger partial charge in [0.15, 0.2) is 5.12 Å². The number of amides is 4.